The molecule has 0 spiro atoms. The lowest BCUT2D eigenvalue weighted by Crippen LogP contribution is -2.45. The van der Waals surface area contributed by atoms with E-state index in [0.717, 1.165) is 0 Å². The lowest BCUT2D eigenvalue weighted by Gasteiger charge is -2.35. The molecule has 112 valence electrons. The number of likely N-dealkylation sites (tertiary alicyclic amines) is 1. The van der Waals surface area contributed by atoms with E-state index < -0.39 is 5.60 Å². The van der Waals surface area contributed by atoms with Crippen LogP contribution < -0.4 is 0 Å². The van der Waals surface area contributed by atoms with Crippen molar-refractivity contribution in [1.82, 2.24) is 4.90 Å². The topological polar surface area (TPSA) is 60.8 Å². The van der Waals surface area contributed by atoms with Crippen LogP contribution in [-0.2, 0) is 0 Å². The molecule has 2 rings (SSSR count). The summed E-state index contributed by atoms with van der Waals surface area (Å²) in [4.78, 5) is 14.1. The van der Waals surface area contributed by atoms with Gasteiger partial charge in [0.15, 0.2) is 0 Å². The van der Waals surface area contributed by atoms with Gasteiger partial charge < -0.3 is 15.1 Å². The summed E-state index contributed by atoms with van der Waals surface area (Å²) < 4.78 is 0. The number of halogens is 1. The molecule has 0 radical (unpaired) electrons. The van der Waals surface area contributed by atoms with Gasteiger partial charge in [-0.25, -0.2) is 0 Å². The lowest BCUT2D eigenvalue weighted by molar-refractivity contribution is -0.00202. The summed E-state index contributed by atoms with van der Waals surface area (Å²) in [6.07, 6.45) is 1.15. The minimum Gasteiger partial charge on any atom is -0.390 e. The number of nitrogens with zero attached hydrogens (tertiary/aromatic N) is 1. The van der Waals surface area contributed by atoms with Crippen LogP contribution in [0, 0.1) is 11.8 Å². The summed E-state index contributed by atoms with van der Waals surface area (Å²) in [5.74, 6) is 5.16. The fourth-order valence-electron chi connectivity index (χ4n) is 2.26. The van der Waals surface area contributed by atoms with Gasteiger partial charge in [0.2, 0.25) is 0 Å². The van der Waals surface area contributed by atoms with Gasteiger partial charge in [-0.3, -0.25) is 4.79 Å². The van der Waals surface area contributed by atoms with Crippen molar-refractivity contribution >= 4 is 17.5 Å². The number of carbonyl (C=O) groups excluding carboxylic acids is 1. The first-order chi connectivity index (χ1) is 9.93. The number of rotatable bonds is 1. The highest BCUT2D eigenvalue weighted by molar-refractivity contribution is 6.32. The molecule has 1 aliphatic heterocycles. The monoisotopic (exact) mass is 307 g/mol. The molecule has 1 heterocycles. The standard InChI is InChI=1S/C16H18ClNO3/c1-16(21)6-8-18(9-7-16)15(20)13-5-4-12(3-2-10-19)14(17)11-13/h4-5,11,19,21H,6-10H2,1H3. The second-order valence-corrected chi connectivity index (χ2v) is 5.85. The van der Waals surface area contributed by atoms with Crippen molar-refractivity contribution in [3.8, 4) is 11.8 Å². The van der Waals surface area contributed by atoms with E-state index in [1.807, 2.05) is 0 Å². The zero-order valence-corrected chi connectivity index (χ0v) is 12.7. The predicted octanol–water partition coefficient (Wildman–Crippen LogP) is 1.67. The van der Waals surface area contributed by atoms with Crippen molar-refractivity contribution < 1.29 is 15.0 Å². The molecule has 1 aromatic rings. The zero-order valence-electron chi connectivity index (χ0n) is 11.9. The van der Waals surface area contributed by atoms with Crippen molar-refractivity contribution in [3.05, 3.63) is 34.3 Å². The minimum atomic E-state index is -0.682. The number of hydrogen-bond acceptors (Lipinski definition) is 3. The molecule has 0 atom stereocenters. The van der Waals surface area contributed by atoms with Gasteiger partial charge in [-0.15, -0.1) is 0 Å². The highest BCUT2D eigenvalue weighted by Crippen LogP contribution is 2.24. The summed E-state index contributed by atoms with van der Waals surface area (Å²) in [6, 6.07) is 4.96. The van der Waals surface area contributed by atoms with Gasteiger partial charge in [0.05, 0.1) is 10.6 Å². The van der Waals surface area contributed by atoms with Crippen molar-refractivity contribution in [2.45, 2.75) is 25.4 Å². The molecule has 0 saturated carbocycles. The Hall–Kier alpha value is -1.54. The summed E-state index contributed by atoms with van der Waals surface area (Å²) in [7, 11) is 0. The first-order valence-corrected chi connectivity index (χ1v) is 7.22. The summed E-state index contributed by atoms with van der Waals surface area (Å²) in [5, 5.41) is 19.0. The molecule has 0 bridgehead atoms. The Bertz CT molecular complexity index is 591. The third kappa shape index (κ3) is 3.98. The molecular weight excluding hydrogens is 290 g/mol. The number of amides is 1. The number of benzene rings is 1. The van der Waals surface area contributed by atoms with Gasteiger partial charge in [-0.2, -0.15) is 0 Å². The maximum atomic E-state index is 12.4. The molecule has 0 unspecified atom stereocenters. The maximum absolute atomic E-state index is 12.4. The van der Waals surface area contributed by atoms with Crippen LogP contribution in [0.5, 0.6) is 0 Å². The first-order valence-electron chi connectivity index (χ1n) is 6.84. The Labute approximate surface area is 129 Å². The van der Waals surface area contributed by atoms with E-state index in [2.05, 4.69) is 11.8 Å². The summed E-state index contributed by atoms with van der Waals surface area (Å²) in [5.41, 5.74) is 0.415. The fraction of sp³-hybridized carbons (Fsp3) is 0.438. The molecule has 1 amide bonds. The van der Waals surface area contributed by atoms with Crippen LogP contribution in [0.25, 0.3) is 0 Å². The average molecular weight is 308 g/mol. The van der Waals surface area contributed by atoms with Crippen LogP contribution in [0.3, 0.4) is 0 Å². The Balaban J connectivity index is 2.12. The van der Waals surface area contributed by atoms with E-state index in [0.29, 0.717) is 42.1 Å². The molecule has 1 aromatic carbocycles. The van der Waals surface area contributed by atoms with E-state index in [1.54, 1.807) is 30.0 Å². The van der Waals surface area contributed by atoms with E-state index in [4.69, 9.17) is 16.7 Å². The molecule has 21 heavy (non-hydrogen) atoms. The van der Waals surface area contributed by atoms with Gasteiger partial charge >= 0.3 is 0 Å². The normalized spacial score (nSPS) is 17.0. The van der Waals surface area contributed by atoms with Crippen LogP contribution in [0.4, 0.5) is 0 Å². The van der Waals surface area contributed by atoms with Gasteiger partial charge in [-0.1, -0.05) is 23.4 Å². The predicted molar refractivity (Wildman–Crippen MR) is 81.2 cm³/mol. The second kappa shape index (κ2) is 6.48. The SMILES string of the molecule is CC1(O)CCN(C(=O)c2ccc(C#CCO)c(Cl)c2)CC1. The van der Waals surface area contributed by atoms with Gasteiger partial charge in [-0.05, 0) is 38.0 Å². The van der Waals surface area contributed by atoms with Crippen LogP contribution in [-0.4, -0.2) is 46.3 Å². The molecule has 1 aliphatic rings. The van der Waals surface area contributed by atoms with Crippen LogP contribution in [0.15, 0.2) is 18.2 Å². The Morgan fingerprint density at radius 1 is 1.43 bits per heavy atom. The fourth-order valence-corrected chi connectivity index (χ4v) is 2.49. The first kappa shape index (κ1) is 15.8. The molecule has 1 saturated heterocycles. The van der Waals surface area contributed by atoms with E-state index in [9.17, 15) is 9.90 Å². The molecular formula is C16H18ClNO3. The maximum Gasteiger partial charge on any atom is 0.253 e. The highest BCUT2D eigenvalue weighted by atomic mass is 35.5. The molecule has 0 aromatic heterocycles. The second-order valence-electron chi connectivity index (χ2n) is 5.44. The quantitative estimate of drug-likeness (QED) is 0.776. The molecule has 1 fully saturated rings. The summed E-state index contributed by atoms with van der Waals surface area (Å²) >= 11 is 6.10. The smallest absolute Gasteiger partial charge is 0.253 e. The number of aliphatic hydroxyl groups excluding tert-OH is 1. The van der Waals surface area contributed by atoms with E-state index in [-0.39, 0.29) is 12.5 Å². The molecule has 0 aliphatic carbocycles. The van der Waals surface area contributed by atoms with Crippen LogP contribution >= 0.6 is 11.6 Å². The highest BCUT2D eigenvalue weighted by Gasteiger charge is 2.30. The van der Waals surface area contributed by atoms with E-state index in [1.165, 1.54) is 0 Å². The van der Waals surface area contributed by atoms with Gasteiger partial charge in [0.1, 0.15) is 6.61 Å². The Morgan fingerprint density at radius 3 is 2.67 bits per heavy atom. The Kier molecular flexibility index (Phi) is 4.89. The van der Waals surface area contributed by atoms with Gasteiger partial charge in [0, 0.05) is 24.2 Å². The molecule has 4 nitrogen and oxygen atoms in total. The number of carbonyl (C=O) groups is 1. The molecule has 5 heteroatoms. The van der Waals surface area contributed by atoms with Crippen molar-refractivity contribution in [2.24, 2.45) is 0 Å². The van der Waals surface area contributed by atoms with E-state index >= 15 is 0 Å². The van der Waals surface area contributed by atoms with Crippen LogP contribution in [0.2, 0.25) is 5.02 Å². The van der Waals surface area contributed by atoms with Crippen LogP contribution in [0.1, 0.15) is 35.7 Å². The minimum absolute atomic E-state index is 0.0888. The third-order valence-electron chi connectivity index (χ3n) is 3.65. The Morgan fingerprint density at radius 2 is 2.10 bits per heavy atom. The lowest BCUT2D eigenvalue weighted by atomic mass is 9.93. The molecule has 2 N–H and O–H groups in total. The number of aliphatic hydroxyl groups is 2. The largest absolute Gasteiger partial charge is 0.390 e. The summed E-state index contributed by atoms with van der Waals surface area (Å²) in [6.45, 7) is 2.63. The average Bonchev–Trinajstić information content (AvgIpc) is 2.45. The van der Waals surface area contributed by atoms with Crippen molar-refractivity contribution in [3.63, 3.8) is 0 Å². The van der Waals surface area contributed by atoms with Gasteiger partial charge in [0.25, 0.3) is 5.91 Å². The van der Waals surface area contributed by atoms with Crippen molar-refractivity contribution in [2.75, 3.05) is 19.7 Å². The third-order valence-corrected chi connectivity index (χ3v) is 3.96. The number of piperidine rings is 1. The number of hydrogen-bond donors (Lipinski definition) is 2. The van der Waals surface area contributed by atoms with Crippen molar-refractivity contribution in [1.29, 1.82) is 0 Å². The zero-order chi connectivity index (χ0) is 15.5.